The van der Waals surface area contributed by atoms with Crippen LogP contribution in [0, 0.1) is 13.8 Å². The van der Waals surface area contributed by atoms with Crippen LogP contribution in [0.3, 0.4) is 0 Å². The average Bonchev–Trinajstić information content (AvgIpc) is 3.26. The quantitative estimate of drug-likeness (QED) is 0.756. The Bertz CT molecular complexity index is 1010. The predicted octanol–water partition coefficient (Wildman–Crippen LogP) is 3.12. The van der Waals surface area contributed by atoms with Crippen molar-refractivity contribution in [3.05, 3.63) is 53.6 Å². The molecule has 1 N–H and O–H groups in total. The third-order valence-corrected chi connectivity index (χ3v) is 5.94. The number of carbonyl (C=O) groups excluding carboxylic acids is 3. The van der Waals surface area contributed by atoms with E-state index in [-0.39, 0.29) is 43.5 Å². The van der Waals surface area contributed by atoms with Crippen LogP contribution in [-0.2, 0) is 14.4 Å². The normalized spacial score (nSPS) is 15.8. The Labute approximate surface area is 188 Å². The summed E-state index contributed by atoms with van der Waals surface area (Å²) in [5.74, 6) is -0.218. The molecule has 0 unspecified atom stereocenters. The van der Waals surface area contributed by atoms with Crippen molar-refractivity contribution in [2.24, 2.45) is 0 Å². The van der Waals surface area contributed by atoms with Crippen molar-refractivity contribution in [3.8, 4) is 5.75 Å². The molecule has 1 aliphatic carbocycles. The lowest BCUT2D eigenvalue weighted by atomic mass is 10.1. The maximum Gasteiger partial charge on any atom is 0.265 e. The Morgan fingerprint density at radius 2 is 1.78 bits per heavy atom. The number of nitrogens with one attached hydrogen (secondary N) is 1. The van der Waals surface area contributed by atoms with Gasteiger partial charge in [-0.2, -0.15) is 0 Å². The van der Waals surface area contributed by atoms with Crippen LogP contribution in [0.1, 0.15) is 36.8 Å². The molecule has 168 valence electrons. The van der Waals surface area contributed by atoms with E-state index in [4.69, 9.17) is 4.74 Å². The highest BCUT2D eigenvalue weighted by Gasteiger charge is 2.30. The minimum absolute atomic E-state index is 0.0849. The van der Waals surface area contributed by atoms with E-state index in [0.29, 0.717) is 17.1 Å². The van der Waals surface area contributed by atoms with E-state index in [1.807, 2.05) is 38.1 Å². The molecule has 2 aliphatic rings. The second kappa shape index (κ2) is 9.42. The van der Waals surface area contributed by atoms with Crippen molar-refractivity contribution in [2.75, 3.05) is 29.5 Å². The van der Waals surface area contributed by atoms with Crippen LogP contribution >= 0.6 is 0 Å². The summed E-state index contributed by atoms with van der Waals surface area (Å²) in [5.41, 5.74) is 3.22. The van der Waals surface area contributed by atoms with Gasteiger partial charge < -0.3 is 15.0 Å². The molecule has 1 saturated carbocycles. The summed E-state index contributed by atoms with van der Waals surface area (Å²) in [7, 11) is 0. The number of carbonyl (C=O) groups is 3. The van der Waals surface area contributed by atoms with Crippen LogP contribution in [0.2, 0.25) is 0 Å². The molecule has 7 nitrogen and oxygen atoms in total. The fraction of sp³-hybridized carbons (Fsp3) is 0.400. The zero-order valence-electron chi connectivity index (χ0n) is 18.6. The number of hydrogen-bond donors (Lipinski definition) is 1. The molecule has 2 aromatic rings. The molecule has 0 aromatic heterocycles. The first-order valence-corrected chi connectivity index (χ1v) is 11.1. The van der Waals surface area contributed by atoms with Crippen LogP contribution < -0.4 is 19.9 Å². The summed E-state index contributed by atoms with van der Waals surface area (Å²) in [6, 6.07) is 13.1. The van der Waals surface area contributed by atoms with Crippen molar-refractivity contribution in [2.45, 2.75) is 45.6 Å². The Morgan fingerprint density at radius 3 is 2.50 bits per heavy atom. The van der Waals surface area contributed by atoms with Crippen LogP contribution in [0.5, 0.6) is 5.75 Å². The fourth-order valence-electron chi connectivity index (χ4n) is 4.46. The summed E-state index contributed by atoms with van der Waals surface area (Å²) in [6.07, 6.45) is 4.18. The smallest absolute Gasteiger partial charge is 0.265 e. The van der Waals surface area contributed by atoms with Crippen molar-refractivity contribution in [1.82, 2.24) is 5.32 Å². The van der Waals surface area contributed by atoms with E-state index in [2.05, 4.69) is 5.32 Å². The van der Waals surface area contributed by atoms with Gasteiger partial charge in [0, 0.05) is 11.7 Å². The molecule has 0 bridgehead atoms. The van der Waals surface area contributed by atoms with Crippen LogP contribution in [0.4, 0.5) is 11.4 Å². The molecule has 0 spiro atoms. The van der Waals surface area contributed by atoms with Crippen LogP contribution in [0.15, 0.2) is 42.5 Å². The van der Waals surface area contributed by atoms with Gasteiger partial charge in [0.2, 0.25) is 11.8 Å². The molecule has 7 heteroatoms. The summed E-state index contributed by atoms with van der Waals surface area (Å²) in [4.78, 5) is 41.8. The fourth-order valence-corrected chi connectivity index (χ4v) is 4.46. The zero-order chi connectivity index (χ0) is 22.7. The Morgan fingerprint density at radius 1 is 1.09 bits per heavy atom. The van der Waals surface area contributed by atoms with Gasteiger partial charge in [-0.1, -0.05) is 31.0 Å². The second-order valence-electron chi connectivity index (χ2n) is 8.61. The van der Waals surface area contributed by atoms with E-state index < -0.39 is 0 Å². The first-order valence-electron chi connectivity index (χ1n) is 11.1. The summed E-state index contributed by atoms with van der Waals surface area (Å²) < 4.78 is 5.48. The van der Waals surface area contributed by atoms with Gasteiger partial charge in [-0.15, -0.1) is 0 Å². The summed E-state index contributed by atoms with van der Waals surface area (Å²) in [6.45, 7) is 3.55. The monoisotopic (exact) mass is 435 g/mol. The van der Waals surface area contributed by atoms with Gasteiger partial charge in [-0.25, -0.2) is 0 Å². The SMILES string of the molecule is Cc1cc(C)cc(N(CC(=O)NC2CCCC2)C(=O)CN2C(=O)COc3ccccc32)c1. The molecule has 0 atom stereocenters. The summed E-state index contributed by atoms with van der Waals surface area (Å²) >= 11 is 0. The molecule has 3 amide bonds. The van der Waals surface area contributed by atoms with Crippen molar-refractivity contribution >= 4 is 29.1 Å². The molecule has 4 rings (SSSR count). The average molecular weight is 436 g/mol. The van der Waals surface area contributed by atoms with E-state index in [1.165, 1.54) is 9.80 Å². The molecular formula is C25H29N3O4. The Kier molecular flexibility index (Phi) is 6.44. The van der Waals surface area contributed by atoms with Gasteiger partial charge in [0.1, 0.15) is 18.8 Å². The van der Waals surface area contributed by atoms with Crippen LogP contribution in [-0.4, -0.2) is 43.5 Å². The highest BCUT2D eigenvalue weighted by Crippen LogP contribution is 2.31. The third-order valence-electron chi connectivity index (χ3n) is 5.94. The standard InChI is InChI=1S/C25H29N3O4/c1-17-11-18(2)13-20(12-17)27(14-23(29)26-19-7-3-4-8-19)24(30)15-28-21-9-5-6-10-22(21)32-16-25(28)31/h5-6,9-13,19H,3-4,7-8,14-16H2,1-2H3,(H,26,29). The maximum absolute atomic E-state index is 13.5. The first kappa shape index (κ1) is 21.9. The van der Waals surface area contributed by atoms with E-state index in [9.17, 15) is 14.4 Å². The number of amides is 3. The molecule has 1 aliphatic heterocycles. The van der Waals surface area contributed by atoms with Gasteiger partial charge in [0.05, 0.1) is 5.69 Å². The number of benzene rings is 2. The zero-order valence-corrected chi connectivity index (χ0v) is 18.6. The van der Waals surface area contributed by atoms with Crippen molar-refractivity contribution in [3.63, 3.8) is 0 Å². The first-order chi connectivity index (χ1) is 15.4. The number of ether oxygens (including phenoxy) is 1. The third kappa shape index (κ3) is 4.93. The topological polar surface area (TPSA) is 79.0 Å². The Balaban J connectivity index is 1.58. The molecule has 32 heavy (non-hydrogen) atoms. The lowest BCUT2D eigenvalue weighted by Crippen LogP contribution is -2.49. The summed E-state index contributed by atoms with van der Waals surface area (Å²) in [5, 5.41) is 3.06. The number of aryl methyl sites for hydroxylation is 2. The van der Waals surface area contributed by atoms with E-state index >= 15 is 0 Å². The molecule has 0 radical (unpaired) electrons. The Hall–Kier alpha value is -3.35. The molecule has 1 fully saturated rings. The largest absolute Gasteiger partial charge is 0.482 e. The number of anilines is 2. The van der Waals surface area contributed by atoms with Gasteiger partial charge in [0.25, 0.3) is 5.91 Å². The van der Waals surface area contributed by atoms with Crippen LogP contribution in [0.25, 0.3) is 0 Å². The number of hydrogen-bond acceptors (Lipinski definition) is 4. The van der Waals surface area contributed by atoms with Gasteiger partial charge in [0.15, 0.2) is 6.61 Å². The minimum atomic E-state index is -0.318. The number of rotatable bonds is 6. The maximum atomic E-state index is 13.5. The number of fused-ring (bicyclic) bond motifs is 1. The van der Waals surface area contributed by atoms with Gasteiger partial charge in [-0.05, 0) is 62.1 Å². The number of para-hydroxylation sites is 2. The van der Waals surface area contributed by atoms with E-state index in [1.54, 1.807) is 18.2 Å². The lowest BCUT2D eigenvalue weighted by molar-refractivity contribution is -0.125. The van der Waals surface area contributed by atoms with Crippen molar-refractivity contribution < 1.29 is 19.1 Å². The molecule has 1 heterocycles. The molecule has 2 aromatic carbocycles. The number of nitrogens with zero attached hydrogens (tertiary/aromatic N) is 2. The van der Waals surface area contributed by atoms with Gasteiger partial charge >= 0.3 is 0 Å². The molecule has 0 saturated heterocycles. The predicted molar refractivity (Wildman–Crippen MR) is 123 cm³/mol. The highest BCUT2D eigenvalue weighted by molar-refractivity contribution is 6.07. The minimum Gasteiger partial charge on any atom is -0.482 e. The highest BCUT2D eigenvalue weighted by atomic mass is 16.5. The lowest BCUT2D eigenvalue weighted by Gasteiger charge is -2.31. The van der Waals surface area contributed by atoms with E-state index in [0.717, 1.165) is 36.8 Å². The molecular weight excluding hydrogens is 406 g/mol. The van der Waals surface area contributed by atoms with Crippen molar-refractivity contribution in [1.29, 1.82) is 0 Å². The second-order valence-corrected chi connectivity index (χ2v) is 8.61. The van der Waals surface area contributed by atoms with Gasteiger partial charge in [-0.3, -0.25) is 19.3 Å².